The minimum absolute atomic E-state index is 0.189. The smallest absolute Gasteiger partial charge is 0.261 e. The number of nitrogens with zero attached hydrogens (tertiary/aromatic N) is 3. The van der Waals surface area contributed by atoms with Gasteiger partial charge in [-0.1, -0.05) is 6.07 Å². The predicted octanol–water partition coefficient (Wildman–Crippen LogP) is 2.55. The van der Waals surface area contributed by atoms with E-state index in [-0.39, 0.29) is 16.6 Å². The molecule has 2 aromatic rings. The lowest BCUT2D eigenvalue weighted by molar-refractivity contribution is -0.383. The molecule has 0 spiro atoms. The van der Waals surface area contributed by atoms with Gasteiger partial charge in [-0.2, -0.15) is 5.10 Å². The van der Waals surface area contributed by atoms with Crippen LogP contribution in [0.3, 0.4) is 0 Å². The number of nitro benzene ring substituents is 1. The summed E-state index contributed by atoms with van der Waals surface area (Å²) in [5.74, 6) is 0. The maximum atomic E-state index is 12.9. The van der Waals surface area contributed by atoms with Crippen LogP contribution in [0, 0.1) is 10.1 Å². The van der Waals surface area contributed by atoms with Gasteiger partial charge in [0.1, 0.15) is 0 Å². The van der Waals surface area contributed by atoms with E-state index in [1.165, 1.54) is 24.4 Å². The molecule has 8 heteroatoms. The first-order valence-electron chi connectivity index (χ1n) is 5.02. The van der Waals surface area contributed by atoms with Crippen LogP contribution in [-0.2, 0) is 6.54 Å². The summed E-state index contributed by atoms with van der Waals surface area (Å²) in [6.07, 6.45) is -4.29. The molecule has 18 heavy (non-hydrogen) atoms. The zero-order valence-corrected chi connectivity index (χ0v) is 8.96. The molecule has 0 saturated carbocycles. The van der Waals surface area contributed by atoms with E-state index < -0.39 is 24.1 Å². The molecule has 1 aromatic carbocycles. The zero-order valence-electron chi connectivity index (χ0n) is 8.96. The lowest BCUT2D eigenvalue weighted by Gasteiger charge is -2.07. The number of non-ortho nitro benzene ring substituents is 1. The number of hydrogen-bond acceptors (Lipinski definition) is 3. The first-order chi connectivity index (χ1) is 8.50. The predicted molar refractivity (Wildman–Crippen MR) is 57.3 cm³/mol. The Labute approximate surface area is 99.0 Å². The average molecular weight is 259 g/mol. The van der Waals surface area contributed by atoms with Crippen LogP contribution in [-0.4, -0.2) is 27.3 Å². The summed E-state index contributed by atoms with van der Waals surface area (Å²) in [4.78, 5) is 10.1. The Morgan fingerprint density at radius 1 is 1.39 bits per heavy atom. The van der Waals surface area contributed by atoms with E-state index in [2.05, 4.69) is 5.10 Å². The Kier molecular flexibility index (Phi) is 3.17. The van der Waals surface area contributed by atoms with Crippen molar-refractivity contribution in [1.29, 1.82) is 0 Å². The van der Waals surface area contributed by atoms with Crippen molar-refractivity contribution in [3.8, 4) is 0 Å². The number of fused-ring (bicyclic) bond motifs is 1. The number of nitro groups is 1. The third-order valence-corrected chi connectivity index (χ3v) is 2.48. The summed E-state index contributed by atoms with van der Waals surface area (Å²) in [6.45, 7) is -0.637. The first kappa shape index (κ1) is 12.3. The number of rotatable bonds is 4. The summed E-state index contributed by atoms with van der Waals surface area (Å²) in [5, 5.41) is 14.6. The molecule has 0 fully saturated rings. The molecule has 0 saturated heterocycles. The van der Waals surface area contributed by atoms with Gasteiger partial charge in [0.15, 0.2) is 6.17 Å². The molecule has 0 aliphatic carbocycles. The second-order valence-corrected chi connectivity index (χ2v) is 3.64. The molecular formula is C10H8F3N3O2. The topological polar surface area (TPSA) is 61.0 Å². The fraction of sp³-hybridized carbons (Fsp3) is 0.300. The van der Waals surface area contributed by atoms with Crippen LogP contribution in [0.2, 0.25) is 0 Å². The van der Waals surface area contributed by atoms with Crippen molar-refractivity contribution in [2.45, 2.75) is 19.1 Å². The molecule has 0 aliphatic rings. The van der Waals surface area contributed by atoms with Gasteiger partial charge in [0.05, 0.1) is 28.6 Å². The molecule has 1 unspecified atom stereocenters. The van der Waals surface area contributed by atoms with Gasteiger partial charge >= 0.3 is 0 Å². The van der Waals surface area contributed by atoms with Crippen molar-refractivity contribution in [1.82, 2.24) is 9.78 Å². The highest BCUT2D eigenvalue weighted by molar-refractivity contribution is 5.87. The molecule has 1 heterocycles. The third-order valence-electron chi connectivity index (χ3n) is 2.48. The van der Waals surface area contributed by atoms with Gasteiger partial charge in [0, 0.05) is 6.07 Å². The summed E-state index contributed by atoms with van der Waals surface area (Å²) in [6, 6.07) is 4.14. The Morgan fingerprint density at radius 3 is 2.72 bits per heavy atom. The van der Waals surface area contributed by atoms with E-state index in [1.807, 2.05) is 0 Å². The van der Waals surface area contributed by atoms with Crippen LogP contribution >= 0.6 is 0 Å². The van der Waals surface area contributed by atoms with E-state index in [0.717, 1.165) is 4.68 Å². The Morgan fingerprint density at radius 2 is 2.11 bits per heavy atom. The maximum Gasteiger partial charge on any atom is 0.280 e. The third kappa shape index (κ3) is 2.13. The molecule has 2 rings (SSSR count). The standard InChI is InChI=1S/C10H8F3N3O2/c11-7(10(12)13)5-15-8-2-1-3-9(16(17)18)6(8)4-14-15/h1-4,7,10H,5H2. The summed E-state index contributed by atoms with van der Waals surface area (Å²) in [7, 11) is 0. The molecule has 1 atom stereocenters. The highest BCUT2D eigenvalue weighted by atomic mass is 19.3. The quantitative estimate of drug-likeness (QED) is 0.626. The Bertz CT molecular complexity index is 585. The lowest BCUT2D eigenvalue weighted by Crippen LogP contribution is -2.20. The highest BCUT2D eigenvalue weighted by Crippen LogP contribution is 2.25. The largest absolute Gasteiger partial charge is 0.280 e. The summed E-state index contributed by atoms with van der Waals surface area (Å²) in [5.41, 5.74) is 0.0682. The van der Waals surface area contributed by atoms with E-state index in [9.17, 15) is 23.3 Å². The van der Waals surface area contributed by atoms with E-state index >= 15 is 0 Å². The normalized spacial score (nSPS) is 13.1. The Hall–Kier alpha value is -2.12. The second-order valence-electron chi connectivity index (χ2n) is 3.64. The van der Waals surface area contributed by atoms with Crippen LogP contribution in [0.5, 0.6) is 0 Å². The Balaban J connectivity index is 2.43. The van der Waals surface area contributed by atoms with Crippen LogP contribution < -0.4 is 0 Å². The zero-order chi connectivity index (χ0) is 13.3. The van der Waals surface area contributed by atoms with Crippen molar-refractivity contribution in [3.63, 3.8) is 0 Å². The number of benzene rings is 1. The highest BCUT2D eigenvalue weighted by Gasteiger charge is 2.22. The van der Waals surface area contributed by atoms with Crippen molar-refractivity contribution in [3.05, 3.63) is 34.5 Å². The molecule has 0 radical (unpaired) electrons. The van der Waals surface area contributed by atoms with Gasteiger partial charge < -0.3 is 0 Å². The fourth-order valence-corrected chi connectivity index (χ4v) is 1.64. The van der Waals surface area contributed by atoms with Crippen LogP contribution in [0.1, 0.15) is 0 Å². The minimum Gasteiger partial charge on any atom is -0.261 e. The van der Waals surface area contributed by atoms with Gasteiger partial charge in [-0.05, 0) is 6.07 Å². The monoisotopic (exact) mass is 259 g/mol. The molecule has 0 aliphatic heterocycles. The SMILES string of the molecule is O=[N+]([O-])c1cccc2c1cnn2CC(F)C(F)F. The van der Waals surface area contributed by atoms with Gasteiger partial charge in [-0.15, -0.1) is 0 Å². The molecule has 96 valence electrons. The van der Waals surface area contributed by atoms with Crippen molar-refractivity contribution in [2.75, 3.05) is 0 Å². The molecule has 0 bridgehead atoms. The van der Waals surface area contributed by atoms with E-state index in [1.54, 1.807) is 0 Å². The van der Waals surface area contributed by atoms with Crippen LogP contribution in [0.15, 0.2) is 24.4 Å². The van der Waals surface area contributed by atoms with Gasteiger partial charge in [-0.3, -0.25) is 14.8 Å². The van der Waals surface area contributed by atoms with Gasteiger partial charge in [0.25, 0.3) is 12.1 Å². The van der Waals surface area contributed by atoms with Crippen molar-refractivity contribution >= 4 is 16.6 Å². The molecule has 1 aromatic heterocycles. The summed E-state index contributed by atoms with van der Waals surface area (Å²) < 4.78 is 38.1. The van der Waals surface area contributed by atoms with Gasteiger partial charge in [-0.25, -0.2) is 13.2 Å². The second kappa shape index (κ2) is 4.63. The fourth-order valence-electron chi connectivity index (χ4n) is 1.64. The molecule has 5 nitrogen and oxygen atoms in total. The van der Waals surface area contributed by atoms with Crippen LogP contribution in [0.25, 0.3) is 10.9 Å². The molecule has 0 N–H and O–H groups in total. The molecule has 0 amide bonds. The first-order valence-corrected chi connectivity index (χ1v) is 5.02. The van der Waals surface area contributed by atoms with E-state index in [0.29, 0.717) is 0 Å². The number of hydrogen-bond donors (Lipinski definition) is 0. The average Bonchev–Trinajstić information content (AvgIpc) is 2.72. The van der Waals surface area contributed by atoms with Crippen LogP contribution in [0.4, 0.5) is 18.9 Å². The van der Waals surface area contributed by atoms with Gasteiger partial charge in [0.2, 0.25) is 0 Å². The number of halogens is 3. The van der Waals surface area contributed by atoms with Crippen molar-refractivity contribution in [2.24, 2.45) is 0 Å². The lowest BCUT2D eigenvalue weighted by atomic mass is 10.2. The minimum atomic E-state index is -3.11. The van der Waals surface area contributed by atoms with Crippen molar-refractivity contribution < 1.29 is 18.1 Å². The van der Waals surface area contributed by atoms with E-state index in [4.69, 9.17) is 0 Å². The number of aromatic nitrogens is 2. The number of alkyl halides is 3. The maximum absolute atomic E-state index is 12.9. The molecular weight excluding hydrogens is 251 g/mol. The summed E-state index contributed by atoms with van der Waals surface area (Å²) >= 11 is 0.